The molecule has 0 radical (unpaired) electrons. The molecule has 2 atom stereocenters. The smallest absolute Gasteiger partial charge is 0.224 e. The molecule has 112 valence electrons. The lowest BCUT2D eigenvalue weighted by Gasteiger charge is -2.60. The molecule has 4 heteroatoms. The number of nitrogens with zero attached hydrogens (tertiary/aromatic N) is 1. The van der Waals surface area contributed by atoms with Crippen molar-refractivity contribution < 1.29 is 9.90 Å². The predicted octanol–water partition coefficient (Wildman–Crippen LogP) is 2.74. The number of carbonyl (C=O) groups excluding carboxylic acids is 1. The van der Waals surface area contributed by atoms with E-state index in [4.69, 9.17) is 0 Å². The molecule has 4 saturated carbocycles. The van der Waals surface area contributed by atoms with Gasteiger partial charge in [-0.2, -0.15) is 0 Å². The highest BCUT2D eigenvalue weighted by atomic mass is 16.3. The summed E-state index contributed by atoms with van der Waals surface area (Å²) in [6.45, 7) is 0. The fourth-order valence-corrected chi connectivity index (χ4v) is 5.59. The van der Waals surface area contributed by atoms with Crippen LogP contribution < -0.4 is 5.32 Å². The van der Waals surface area contributed by atoms with Gasteiger partial charge in [0.25, 0.3) is 0 Å². The van der Waals surface area contributed by atoms with Crippen LogP contribution in [0.5, 0.6) is 0 Å². The fraction of sp³-hybridized carbons (Fsp3) is 0.647. The molecule has 0 unspecified atom stereocenters. The molecule has 1 aromatic heterocycles. The zero-order valence-corrected chi connectivity index (χ0v) is 12.2. The SMILES string of the molecule is O=C(CC12C[C@H]3C[C@@H](CC(O)(C3)C1)C2)Nc1ccncc1. The van der Waals surface area contributed by atoms with Gasteiger partial charge in [-0.05, 0) is 67.9 Å². The van der Waals surface area contributed by atoms with Crippen LogP contribution in [0.15, 0.2) is 24.5 Å². The number of hydrogen-bond donors (Lipinski definition) is 2. The van der Waals surface area contributed by atoms with Gasteiger partial charge in [-0.25, -0.2) is 0 Å². The van der Waals surface area contributed by atoms with Crippen LogP contribution in [0, 0.1) is 17.3 Å². The molecular formula is C17H22N2O2. The molecule has 1 heterocycles. The second kappa shape index (κ2) is 4.54. The lowest BCUT2D eigenvalue weighted by atomic mass is 9.47. The number of amides is 1. The summed E-state index contributed by atoms with van der Waals surface area (Å²) in [7, 11) is 0. The summed E-state index contributed by atoms with van der Waals surface area (Å²) in [5.74, 6) is 1.33. The van der Waals surface area contributed by atoms with Crippen molar-refractivity contribution in [2.75, 3.05) is 5.32 Å². The van der Waals surface area contributed by atoms with Crippen LogP contribution >= 0.6 is 0 Å². The van der Waals surface area contributed by atoms with Gasteiger partial charge >= 0.3 is 0 Å². The fourth-order valence-electron chi connectivity index (χ4n) is 5.59. The molecule has 0 aliphatic heterocycles. The van der Waals surface area contributed by atoms with Gasteiger partial charge in [-0.3, -0.25) is 9.78 Å². The number of aromatic nitrogens is 1. The van der Waals surface area contributed by atoms with E-state index < -0.39 is 5.60 Å². The van der Waals surface area contributed by atoms with Crippen LogP contribution in [-0.2, 0) is 4.79 Å². The number of carbonyl (C=O) groups is 1. The van der Waals surface area contributed by atoms with Gasteiger partial charge in [0.1, 0.15) is 0 Å². The van der Waals surface area contributed by atoms with E-state index in [2.05, 4.69) is 10.3 Å². The lowest BCUT2D eigenvalue weighted by Crippen LogP contribution is -2.56. The molecule has 4 fully saturated rings. The Morgan fingerprint density at radius 3 is 2.52 bits per heavy atom. The van der Waals surface area contributed by atoms with E-state index in [-0.39, 0.29) is 11.3 Å². The summed E-state index contributed by atoms with van der Waals surface area (Å²) in [6, 6.07) is 3.62. The third-order valence-electron chi connectivity index (χ3n) is 5.65. The van der Waals surface area contributed by atoms with Gasteiger partial charge in [0, 0.05) is 24.5 Å². The predicted molar refractivity (Wildman–Crippen MR) is 79.5 cm³/mol. The normalized spacial score (nSPS) is 40.2. The minimum atomic E-state index is -0.485. The highest BCUT2D eigenvalue weighted by Gasteiger charge is 2.57. The third kappa shape index (κ3) is 2.46. The van der Waals surface area contributed by atoms with Gasteiger partial charge in [-0.15, -0.1) is 0 Å². The Bertz CT molecular complexity index is 543. The van der Waals surface area contributed by atoms with Crippen LogP contribution in [0.4, 0.5) is 5.69 Å². The minimum absolute atomic E-state index is 0.0376. The number of anilines is 1. The summed E-state index contributed by atoms with van der Waals surface area (Å²) < 4.78 is 0. The van der Waals surface area contributed by atoms with Gasteiger partial charge in [0.15, 0.2) is 0 Å². The Labute approximate surface area is 125 Å². The molecular weight excluding hydrogens is 264 g/mol. The van der Waals surface area contributed by atoms with Crippen LogP contribution in [0.3, 0.4) is 0 Å². The Morgan fingerprint density at radius 1 is 1.24 bits per heavy atom. The lowest BCUT2D eigenvalue weighted by molar-refractivity contribution is -0.167. The number of pyridine rings is 1. The van der Waals surface area contributed by atoms with Gasteiger partial charge in [0.05, 0.1) is 5.60 Å². The van der Waals surface area contributed by atoms with Crippen LogP contribution in [0.25, 0.3) is 0 Å². The van der Waals surface area contributed by atoms with Crippen molar-refractivity contribution >= 4 is 11.6 Å². The Kier molecular flexibility index (Phi) is 2.86. The van der Waals surface area contributed by atoms with Crippen molar-refractivity contribution in [1.82, 2.24) is 4.98 Å². The van der Waals surface area contributed by atoms with E-state index in [9.17, 15) is 9.90 Å². The van der Waals surface area contributed by atoms with Crippen molar-refractivity contribution in [3.05, 3.63) is 24.5 Å². The molecule has 4 aliphatic carbocycles. The first-order valence-corrected chi connectivity index (χ1v) is 7.97. The van der Waals surface area contributed by atoms with Crippen LogP contribution in [-0.4, -0.2) is 21.6 Å². The summed E-state index contributed by atoms with van der Waals surface area (Å²) in [6.07, 6.45) is 10.1. The molecule has 4 nitrogen and oxygen atoms in total. The maximum Gasteiger partial charge on any atom is 0.224 e. The summed E-state index contributed by atoms with van der Waals surface area (Å²) >= 11 is 0. The number of aliphatic hydroxyl groups is 1. The molecule has 2 N–H and O–H groups in total. The largest absolute Gasteiger partial charge is 0.390 e. The van der Waals surface area contributed by atoms with E-state index in [0.717, 1.165) is 37.8 Å². The molecule has 21 heavy (non-hydrogen) atoms. The Hall–Kier alpha value is -1.42. The topological polar surface area (TPSA) is 62.2 Å². The molecule has 1 aromatic rings. The van der Waals surface area contributed by atoms with Crippen molar-refractivity contribution in [3.8, 4) is 0 Å². The van der Waals surface area contributed by atoms with Crippen LogP contribution in [0.1, 0.15) is 44.9 Å². The molecule has 0 spiro atoms. The molecule has 1 amide bonds. The zero-order valence-electron chi connectivity index (χ0n) is 12.2. The molecule has 4 aliphatic rings. The van der Waals surface area contributed by atoms with Crippen molar-refractivity contribution in [1.29, 1.82) is 0 Å². The second-order valence-electron chi connectivity index (χ2n) is 7.65. The van der Waals surface area contributed by atoms with Crippen LogP contribution in [0.2, 0.25) is 0 Å². The monoisotopic (exact) mass is 286 g/mol. The molecule has 5 rings (SSSR count). The Morgan fingerprint density at radius 2 is 1.90 bits per heavy atom. The van der Waals surface area contributed by atoms with E-state index in [0.29, 0.717) is 18.3 Å². The summed E-state index contributed by atoms with van der Waals surface area (Å²) in [5.41, 5.74) is 0.357. The average Bonchev–Trinajstić information content (AvgIpc) is 2.35. The maximum atomic E-state index is 12.4. The molecule has 4 bridgehead atoms. The number of rotatable bonds is 3. The summed E-state index contributed by atoms with van der Waals surface area (Å²) in [5, 5.41) is 13.7. The first-order valence-electron chi connectivity index (χ1n) is 7.97. The highest BCUT2D eigenvalue weighted by molar-refractivity contribution is 5.91. The van der Waals surface area contributed by atoms with Gasteiger partial charge < -0.3 is 10.4 Å². The quantitative estimate of drug-likeness (QED) is 0.898. The standard InChI is InChI=1S/C17H22N2O2/c20-15(19-14-1-3-18-4-2-14)10-16-6-12-5-13(7-16)9-17(21,8-12)11-16/h1-4,12-13,21H,5-11H2,(H,18,19,20)/t12-,13-,16?,17?/m1/s1. The van der Waals surface area contributed by atoms with Crippen molar-refractivity contribution in [2.45, 2.75) is 50.5 Å². The number of nitrogens with one attached hydrogen (secondary N) is 1. The van der Waals surface area contributed by atoms with Gasteiger partial charge in [0.2, 0.25) is 5.91 Å². The maximum absolute atomic E-state index is 12.4. The average molecular weight is 286 g/mol. The van der Waals surface area contributed by atoms with Crippen molar-refractivity contribution in [2.24, 2.45) is 17.3 Å². The third-order valence-corrected chi connectivity index (χ3v) is 5.65. The van der Waals surface area contributed by atoms with Gasteiger partial charge in [-0.1, -0.05) is 0 Å². The number of hydrogen-bond acceptors (Lipinski definition) is 3. The zero-order chi connectivity index (χ0) is 14.5. The van der Waals surface area contributed by atoms with E-state index in [1.807, 2.05) is 12.1 Å². The van der Waals surface area contributed by atoms with Crippen molar-refractivity contribution in [3.63, 3.8) is 0 Å². The second-order valence-corrected chi connectivity index (χ2v) is 7.65. The summed E-state index contributed by atoms with van der Waals surface area (Å²) in [4.78, 5) is 16.3. The first-order chi connectivity index (χ1) is 10.0. The first kappa shape index (κ1) is 13.3. The van der Waals surface area contributed by atoms with E-state index in [1.54, 1.807) is 12.4 Å². The molecule has 0 aromatic carbocycles. The van der Waals surface area contributed by atoms with E-state index in [1.165, 1.54) is 6.42 Å². The highest BCUT2D eigenvalue weighted by Crippen LogP contribution is 2.62. The molecule has 0 saturated heterocycles. The van der Waals surface area contributed by atoms with E-state index >= 15 is 0 Å². The minimum Gasteiger partial charge on any atom is -0.390 e. The Balaban J connectivity index is 1.48.